The van der Waals surface area contributed by atoms with Crippen molar-refractivity contribution in [3.8, 4) is 0 Å². The second kappa shape index (κ2) is 4.80. The molecule has 0 aromatic heterocycles. The summed E-state index contributed by atoms with van der Waals surface area (Å²) in [7, 11) is 0. The minimum absolute atomic E-state index is 0.571. The van der Waals surface area contributed by atoms with E-state index < -0.39 is 11.7 Å². The van der Waals surface area contributed by atoms with E-state index in [1.807, 2.05) is 0 Å². The zero-order valence-corrected chi connectivity index (χ0v) is 10.6. The van der Waals surface area contributed by atoms with Crippen LogP contribution in [0.5, 0.6) is 0 Å². The molecule has 0 amide bonds. The maximum Gasteiger partial charge on any atom is 0.416 e. The lowest BCUT2D eigenvalue weighted by molar-refractivity contribution is -0.137. The number of nitrogens with zero attached hydrogens (tertiary/aromatic N) is 1. The highest BCUT2D eigenvalue weighted by Crippen LogP contribution is 2.30. The third-order valence-electron chi connectivity index (χ3n) is 4.15. The number of fused-ring (bicyclic) bond motifs is 1. The second-order valence-corrected chi connectivity index (χ2v) is 5.57. The van der Waals surface area contributed by atoms with Gasteiger partial charge in [-0.25, -0.2) is 0 Å². The lowest BCUT2D eigenvalue weighted by Gasteiger charge is -2.17. The van der Waals surface area contributed by atoms with E-state index in [0.29, 0.717) is 0 Å². The summed E-state index contributed by atoms with van der Waals surface area (Å²) >= 11 is 0. The summed E-state index contributed by atoms with van der Waals surface area (Å²) in [5, 5.41) is 3.38. The number of hydrogen-bond donors (Lipinski definition) is 1. The number of alkyl halides is 3. The molecule has 2 fully saturated rings. The largest absolute Gasteiger partial charge is 0.416 e. The van der Waals surface area contributed by atoms with Gasteiger partial charge in [0.15, 0.2) is 0 Å². The van der Waals surface area contributed by atoms with Crippen molar-refractivity contribution in [2.45, 2.75) is 12.7 Å². The van der Waals surface area contributed by atoms with Crippen molar-refractivity contribution in [2.75, 3.05) is 26.2 Å². The molecule has 1 N–H and O–H groups in total. The van der Waals surface area contributed by atoms with Crippen LogP contribution in [0.1, 0.15) is 11.1 Å². The van der Waals surface area contributed by atoms with E-state index in [2.05, 4.69) is 10.2 Å². The Balaban J connectivity index is 1.62. The van der Waals surface area contributed by atoms with Gasteiger partial charge in [0.05, 0.1) is 5.56 Å². The monoisotopic (exact) mass is 270 g/mol. The molecule has 2 atom stereocenters. The smallest absolute Gasteiger partial charge is 0.316 e. The standard InChI is InChI=1S/C14H17F3N2/c15-14(16,17)13-3-1-10(2-4-13)7-19-8-11-5-18-6-12(11)9-19/h1-4,11-12,18H,5-9H2. The van der Waals surface area contributed by atoms with Gasteiger partial charge < -0.3 is 5.32 Å². The van der Waals surface area contributed by atoms with Gasteiger partial charge in [-0.15, -0.1) is 0 Å². The van der Waals surface area contributed by atoms with Crippen molar-refractivity contribution < 1.29 is 13.2 Å². The molecule has 19 heavy (non-hydrogen) atoms. The molecular weight excluding hydrogens is 253 g/mol. The Labute approximate surface area is 110 Å². The zero-order valence-electron chi connectivity index (χ0n) is 10.6. The quantitative estimate of drug-likeness (QED) is 0.887. The van der Waals surface area contributed by atoms with E-state index in [0.717, 1.165) is 50.1 Å². The van der Waals surface area contributed by atoms with Crippen LogP contribution in [-0.2, 0) is 12.7 Å². The van der Waals surface area contributed by atoms with Crippen LogP contribution >= 0.6 is 0 Å². The van der Waals surface area contributed by atoms with E-state index >= 15 is 0 Å². The van der Waals surface area contributed by atoms with E-state index in [1.54, 1.807) is 12.1 Å². The summed E-state index contributed by atoms with van der Waals surface area (Å²) in [6, 6.07) is 5.53. The van der Waals surface area contributed by atoms with Gasteiger partial charge in [-0.3, -0.25) is 4.90 Å². The third kappa shape index (κ3) is 2.77. The fourth-order valence-corrected chi connectivity index (χ4v) is 3.14. The lowest BCUT2D eigenvalue weighted by atomic mass is 10.0. The predicted molar refractivity (Wildman–Crippen MR) is 66.6 cm³/mol. The van der Waals surface area contributed by atoms with Crippen molar-refractivity contribution >= 4 is 0 Å². The molecule has 0 spiro atoms. The van der Waals surface area contributed by atoms with Crippen LogP contribution in [0.25, 0.3) is 0 Å². The summed E-state index contributed by atoms with van der Waals surface area (Å²) in [5.41, 5.74) is 0.389. The van der Waals surface area contributed by atoms with Gasteiger partial charge >= 0.3 is 6.18 Å². The maximum absolute atomic E-state index is 12.5. The molecule has 0 aliphatic carbocycles. The molecule has 3 rings (SSSR count). The number of rotatable bonds is 2. The number of halogens is 3. The molecule has 1 aromatic carbocycles. The van der Waals surface area contributed by atoms with Crippen molar-refractivity contribution in [3.63, 3.8) is 0 Å². The van der Waals surface area contributed by atoms with Crippen LogP contribution in [0.2, 0.25) is 0 Å². The highest BCUT2D eigenvalue weighted by molar-refractivity contribution is 5.24. The highest BCUT2D eigenvalue weighted by atomic mass is 19.4. The average molecular weight is 270 g/mol. The minimum Gasteiger partial charge on any atom is -0.316 e. The van der Waals surface area contributed by atoms with Crippen molar-refractivity contribution in [1.29, 1.82) is 0 Å². The van der Waals surface area contributed by atoms with Crippen LogP contribution in [0.3, 0.4) is 0 Å². The molecule has 0 saturated carbocycles. The first-order valence-electron chi connectivity index (χ1n) is 6.61. The molecule has 1 aromatic rings. The summed E-state index contributed by atoms with van der Waals surface area (Å²) in [5.74, 6) is 1.43. The predicted octanol–water partition coefficient (Wildman–Crippen LogP) is 2.36. The Morgan fingerprint density at radius 3 is 2.16 bits per heavy atom. The fraction of sp³-hybridized carbons (Fsp3) is 0.571. The molecule has 2 unspecified atom stereocenters. The van der Waals surface area contributed by atoms with Crippen molar-refractivity contribution in [3.05, 3.63) is 35.4 Å². The van der Waals surface area contributed by atoms with Gasteiger partial charge in [-0.2, -0.15) is 13.2 Å². The van der Waals surface area contributed by atoms with E-state index in [9.17, 15) is 13.2 Å². The van der Waals surface area contributed by atoms with Gasteiger partial charge in [0, 0.05) is 19.6 Å². The lowest BCUT2D eigenvalue weighted by Crippen LogP contribution is -2.25. The average Bonchev–Trinajstić information content (AvgIpc) is 2.89. The van der Waals surface area contributed by atoms with E-state index in [-0.39, 0.29) is 0 Å². The maximum atomic E-state index is 12.5. The van der Waals surface area contributed by atoms with Gasteiger partial charge in [0.25, 0.3) is 0 Å². The van der Waals surface area contributed by atoms with Crippen molar-refractivity contribution in [2.24, 2.45) is 11.8 Å². The fourth-order valence-electron chi connectivity index (χ4n) is 3.14. The number of hydrogen-bond acceptors (Lipinski definition) is 2. The number of nitrogens with one attached hydrogen (secondary N) is 1. The van der Waals surface area contributed by atoms with Gasteiger partial charge in [0.1, 0.15) is 0 Å². The molecule has 2 aliphatic heterocycles. The Bertz CT molecular complexity index is 429. The number of benzene rings is 1. The Hall–Kier alpha value is -1.07. The molecular formula is C14H17F3N2. The zero-order chi connectivity index (χ0) is 13.5. The minimum atomic E-state index is -4.24. The third-order valence-corrected chi connectivity index (χ3v) is 4.15. The molecule has 2 saturated heterocycles. The molecule has 2 aliphatic rings. The van der Waals surface area contributed by atoms with Gasteiger partial charge in [-0.05, 0) is 42.6 Å². The Morgan fingerprint density at radius 1 is 1.05 bits per heavy atom. The molecule has 2 heterocycles. The van der Waals surface area contributed by atoms with E-state index in [1.165, 1.54) is 12.1 Å². The first-order chi connectivity index (χ1) is 9.02. The van der Waals surface area contributed by atoms with E-state index in [4.69, 9.17) is 0 Å². The summed E-state index contributed by atoms with van der Waals surface area (Å²) in [6.45, 7) is 5.02. The van der Waals surface area contributed by atoms with Crippen LogP contribution in [0, 0.1) is 11.8 Å². The molecule has 0 bridgehead atoms. The Morgan fingerprint density at radius 2 is 1.63 bits per heavy atom. The summed E-state index contributed by atoms with van der Waals surface area (Å²) < 4.78 is 37.4. The topological polar surface area (TPSA) is 15.3 Å². The molecule has 0 radical (unpaired) electrons. The molecule has 104 valence electrons. The van der Waals surface area contributed by atoms with Crippen LogP contribution in [0.4, 0.5) is 13.2 Å². The molecule has 2 nitrogen and oxygen atoms in total. The Kier molecular flexibility index (Phi) is 3.27. The summed E-state index contributed by atoms with van der Waals surface area (Å²) in [4.78, 5) is 2.35. The van der Waals surface area contributed by atoms with Crippen LogP contribution < -0.4 is 5.32 Å². The molecule has 5 heteroatoms. The highest BCUT2D eigenvalue weighted by Gasteiger charge is 2.36. The van der Waals surface area contributed by atoms with Gasteiger partial charge in [0.2, 0.25) is 0 Å². The number of likely N-dealkylation sites (tertiary alicyclic amines) is 1. The van der Waals surface area contributed by atoms with Crippen LogP contribution in [-0.4, -0.2) is 31.1 Å². The van der Waals surface area contributed by atoms with Gasteiger partial charge in [-0.1, -0.05) is 12.1 Å². The van der Waals surface area contributed by atoms with Crippen molar-refractivity contribution in [1.82, 2.24) is 10.2 Å². The summed E-state index contributed by atoms with van der Waals surface area (Å²) in [6.07, 6.45) is -4.24. The second-order valence-electron chi connectivity index (χ2n) is 5.57. The first-order valence-corrected chi connectivity index (χ1v) is 6.61. The van der Waals surface area contributed by atoms with Crippen LogP contribution in [0.15, 0.2) is 24.3 Å². The first kappa shape index (κ1) is 12.9. The normalized spacial score (nSPS) is 27.7. The SMILES string of the molecule is FC(F)(F)c1ccc(CN2CC3CNCC3C2)cc1.